The Kier molecular flexibility index (Phi) is 2.32. The third-order valence-electron chi connectivity index (χ3n) is 1.36. The van der Waals surface area contributed by atoms with E-state index in [2.05, 4.69) is 9.68 Å². The first-order valence-electron chi connectivity index (χ1n) is 3.49. The van der Waals surface area contributed by atoms with Gasteiger partial charge in [0, 0.05) is 0 Å². The fourth-order valence-corrected chi connectivity index (χ4v) is 0.792. The number of aromatic nitrogens is 1. The van der Waals surface area contributed by atoms with Crippen molar-refractivity contribution >= 4 is 5.97 Å². The summed E-state index contributed by atoms with van der Waals surface area (Å²) in [6.45, 7) is 3.81. The van der Waals surface area contributed by atoms with Gasteiger partial charge in [-0.1, -0.05) is 0 Å². The van der Waals surface area contributed by atoms with Crippen molar-refractivity contribution in [1.82, 2.24) is 5.16 Å². The molecule has 0 bridgehead atoms. The number of ether oxygens (including phenoxy) is 1. The first-order valence-corrected chi connectivity index (χ1v) is 3.49. The SMILES string of the molecule is CCOc1noc(C(=O)O)c1C. The molecule has 1 aromatic rings. The van der Waals surface area contributed by atoms with E-state index in [9.17, 15) is 4.79 Å². The van der Waals surface area contributed by atoms with Crippen molar-refractivity contribution in [3.63, 3.8) is 0 Å². The first kappa shape index (κ1) is 8.58. The highest BCUT2D eigenvalue weighted by molar-refractivity contribution is 5.86. The molecular formula is C7H9NO4. The zero-order valence-electron chi connectivity index (χ0n) is 6.83. The van der Waals surface area contributed by atoms with E-state index >= 15 is 0 Å². The van der Waals surface area contributed by atoms with Crippen molar-refractivity contribution in [2.45, 2.75) is 13.8 Å². The molecule has 0 aromatic carbocycles. The van der Waals surface area contributed by atoms with Crippen LogP contribution in [-0.4, -0.2) is 22.8 Å². The molecule has 0 aliphatic heterocycles. The lowest BCUT2D eigenvalue weighted by molar-refractivity contribution is 0.0650. The van der Waals surface area contributed by atoms with Crippen molar-refractivity contribution in [3.05, 3.63) is 11.3 Å². The van der Waals surface area contributed by atoms with Gasteiger partial charge in [-0.25, -0.2) is 4.79 Å². The average Bonchev–Trinajstić information content (AvgIpc) is 2.34. The van der Waals surface area contributed by atoms with Gasteiger partial charge < -0.3 is 14.4 Å². The quantitative estimate of drug-likeness (QED) is 0.736. The molecule has 0 saturated carbocycles. The van der Waals surface area contributed by atoms with E-state index in [1.807, 2.05) is 0 Å². The summed E-state index contributed by atoms with van der Waals surface area (Å²) in [5, 5.41) is 12.0. The van der Waals surface area contributed by atoms with Gasteiger partial charge in [-0.15, -0.1) is 0 Å². The second kappa shape index (κ2) is 3.25. The summed E-state index contributed by atoms with van der Waals surface area (Å²) in [6, 6.07) is 0. The van der Waals surface area contributed by atoms with Gasteiger partial charge in [0.1, 0.15) is 0 Å². The average molecular weight is 171 g/mol. The molecule has 1 heterocycles. The molecule has 5 heteroatoms. The van der Waals surface area contributed by atoms with Gasteiger partial charge in [-0.3, -0.25) is 0 Å². The highest BCUT2D eigenvalue weighted by Crippen LogP contribution is 2.19. The molecule has 0 saturated heterocycles. The van der Waals surface area contributed by atoms with Crippen molar-refractivity contribution in [2.24, 2.45) is 0 Å². The summed E-state index contributed by atoms with van der Waals surface area (Å²) in [7, 11) is 0. The van der Waals surface area contributed by atoms with Crippen LogP contribution < -0.4 is 4.74 Å². The summed E-state index contributed by atoms with van der Waals surface area (Å²) in [5.74, 6) is -1.06. The summed E-state index contributed by atoms with van der Waals surface area (Å²) >= 11 is 0. The third-order valence-corrected chi connectivity index (χ3v) is 1.36. The number of nitrogens with zero attached hydrogens (tertiary/aromatic N) is 1. The van der Waals surface area contributed by atoms with Gasteiger partial charge in [0.05, 0.1) is 12.2 Å². The first-order chi connectivity index (χ1) is 5.66. The van der Waals surface area contributed by atoms with E-state index in [0.717, 1.165) is 0 Å². The lowest BCUT2D eigenvalue weighted by Gasteiger charge is -1.95. The molecule has 1 N–H and O–H groups in total. The van der Waals surface area contributed by atoms with Crippen LogP contribution in [0.3, 0.4) is 0 Å². The highest BCUT2D eigenvalue weighted by Gasteiger charge is 2.18. The van der Waals surface area contributed by atoms with Crippen molar-refractivity contribution in [3.8, 4) is 5.88 Å². The monoisotopic (exact) mass is 171 g/mol. The van der Waals surface area contributed by atoms with Crippen LogP contribution in [0.5, 0.6) is 5.88 Å². The minimum atomic E-state index is -1.13. The Morgan fingerprint density at radius 3 is 2.83 bits per heavy atom. The van der Waals surface area contributed by atoms with Crippen LogP contribution in [0.1, 0.15) is 23.0 Å². The van der Waals surface area contributed by atoms with Crippen molar-refractivity contribution in [2.75, 3.05) is 6.61 Å². The molecule has 0 atom stereocenters. The topological polar surface area (TPSA) is 72.6 Å². The van der Waals surface area contributed by atoms with Gasteiger partial charge in [0.2, 0.25) is 0 Å². The summed E-state index contributed by atoms with van der Waals surface area (Å²) in [4.78, 5) is 10.5. The van der Waals surface area contributed by atoms with Gasteiger partial charge in [-0.2, -0.15) is 0 Å². The Labute approximate surface area is 68.9 Å². The van der Waals surface area contributed by atoms with E-state index in [-0.39, 0.29) is 11.6 Å². The van der Waals surface area contributed by atoms with E-state index in [0.29, 0.717) is 12.2 Å². The summed E-state index contributed by atoms with van der Waals surface area (Å²) in [5.41, 5.74) is 0.421. The highest BCUT2D eigenvalue weighted by atomic mass is 16.5. The van der Waals surface area contributed by atoms with Crippen molar-refractivity contribution in [1.29, 1.82) is 0 Å². The van der Waals surface area contributed by atoms with Crippen LogP contribution in [-0.2, 0) is 0 Å². The molecule has 0 radical (unpaired) electrons. The fraction of sp³-hybridized carbons (Fsp3) is 0.429. The molecule has 0 aliphatic carbocycles. The van der Waals surface area contributed by atoms with E-state index in [1.54, 1.807) is 13.8 Å². The number of hydrogen-bond donors (Lipinski definition) is 1. The largest absolute Gasteiger partial charge is 0.476 e. The molecular weight excluding hydrogens is 162 g/mol. The molecule has 0 unspecified atom stereocenters. The predicted molar refractivity (Wildman–Crippen MR) is 39.4 cm³/mol. The zero-order chi connectivity index (χ0) is 9.14. The molecule has 0 spiro atoms. The van der Waals surface area contributed by atoms with E-state index in [4.69, 9.17) is 9.84 Å². The third kappa shape index (κ3) is 1.39. The maximum absolute atomic E-state index is 10.5. The van der Waals surface area contributed by atoms with E-state index < -0.39 is 5.97 Å². The van der Waals surface area contributed by atoms with Crippen LogP contribution in [0.15, 0.2) is 4.52 Å². The van der Waals surface area contributed by atoms with Gasteiger partial charge >= 0.3 is 5.97 Å². The Morgan fingerprint density at radius 1 is 1.75 bits per heavy atom. The Hall–Kier alpha value is -1.52. The lowest BCUT2D eigenvalue weighted by atomic mass is 10.3. The number of aromatic carboxylic acids is 1. The van der Waals surface area contributed by atoms with Gasteiger partial charge in [-0.05, 0) is 19.0 Å². The summed E-state index contributed by atoms with van der Waals surface area (Å²) < 4.78 is 9.53. The van der Waals surface area contributed by atoms with Crippen molar-refractivity contribution < 1.29 is 19.2 Å². The Balaban J connectivity index is 2.96. The van der Waals surface area contributed by atoms with Crippen LogP contribution in [0, 0.1) is 6.92 Å². The Morgan fingerprint density at radius 2 is 2.42 bits per heavy atom. The number of carboxylic acid groups (broad SMARTS) is 1. The molecule has 12 heavy (non-hydrogen) atoms. The molecule has 5 nitrogen and oxygen atoms in total. The van der Waals surface area contributed by atoms with Crippen LogP contribution in [0.2, 0.25) is 0 Å². The fourth-order valence-electron chi connectivity index (χ4n) is 0.792. The summed E-state index contributed by atoms with van der Waals surface area (Å²) in [6.07, 6.45) is 0. The number of carbonyl (C=O) groups is 1. The van der Waals surface area contributed by atoms with Gasteiger partial charge in [0.25, 0.3) is 11.6 Å². The lowest BCUT2D eigenvalue weighted by Crippen LogP contribution is -1.97. The second-order valence-corrected chi connectivity index (χ2v) is 2.18. The number of carboxylic acids is 1. The van der Waals surface area contributed by atoms with Crippen LogP contribution in [0.4, 0.5) is 0 Å². The minimum Gasteiger partial charge on any atom is -0.476 e. The number of rotatable bonds is 3. The normalized spacial score (nSPS) is 9.83. The maximum atomic E-state index is 10.5. The zero-order valence-corrected chi connectivity index (χ0v) is 6.83. The standard InChI is InChI=1S/C7H9NO4/c1-3-11-6-4(2)5(7(9)10)12-8-6/h3H2,1-2H3,(H,9,10). The van der Waals surface area contributed by atoms with Crippen LogP contribution >= 0.6 is 0 Å². The smallest absolute Gasteiger partial charge is 0.375 e. The van der Waals surface area contributed by atoms with Gasteiger partial charge in [0.15, 0.2) is 0 Å². The molecule has 0 aliphatic rings. The molecule has 0 amide bonds. The minimum absolute atomic E-state index is 0.168. The molecule has 66 valence electrons. The molecule has 0 fully saturated rings. The van der Waals surface area contributed by atoms with E-state index in [1.165, 1.54) is 0 Å². The maximum Gasteiger partial charge on any atom is 0.375 e. The predicted octanol–water partition coefficient (Wildman–Crippen LogP) is 1.08. The molecule has 1 aromatic heterocycles. The Bertz CT molecular complexity index is 292. The second-order valence-electron chi connectivity index (χ2n) is 2.18. The molecule has 1 rings (SSSR count). The van der Waals surface area contributed by atoms with Crippen LogP contribution in [0.25, 0.3) is 0 Å². The number of hydrogen-bond acceptors (Lipinski definition) is 4.